The quantitative estimate of drug-likeness (QED) is 0.704. The Bertz CT molecular complexity index is 865. The van der Waals surface area contributed by atoms with Crippen LogP contribution in [-0.4, -0.2) is 37.5 Å². The number of nitrogens with one attached hydrogen (secondary N) is 1. The number of carbonyl (C=O) groups is 3. The van der Waals surface area contributed by atoms with Gasteiger partial charge in [0.25, 0.3) is 0 Å². The third kappa shape index (κ3) is 3.97. The number of nitrogens with zero attached hydrogens (tertiary/aromatic N) is 1. The molecule has 1 atom stereocenters. The van der Waals surface area contributed by atoms with E-state index in [-0.39, 0.29) is 35.6 Å². The summed E-state index contributed by atoms with van der Waals surface area (Å²) in [7, 11) is 1.28. The Morgan fingerprint density at radius 2 is 2.00 bits per heavy atom. The highest BCUT2D eigenvalue weighted by atomic mass is 19.1. The molecule has 1 saturated carbocycles. The van der Waals surface area contributed by atoms with E-state index in [0.29, 0.717) is 12.0 Å². The Balaban J connectivity index is 1.80. The standard InChI is InChI=1S/C21H26F2N2O4/c1-11(5-8-16(27)29-4)24-15(26)10-25-19-14(22)9-13(12-6-7-12)18(23)17(19)21(2,3)20(25)28/h9,11-12H,5-8,10H2,1-4H3,(H,24,26)/t11-/m0/s1. The maximum atomic E-state index is 15.2. The van der Waals surface area contributed by atoms with Crippen molar-refractivity contribution in [1.29, 1.82) is 0 Å². The van der Waals surface area contributed by atoms with Crippen LogP contribution in [0.5, 0.6) is 0 Å². The number of carbonyl (C=O) groups excluding carboxylic acids is 3. The second-order valence-corrected chi connectivity index (χ2v) is 8.36. The van der Waals surface area contributed by atoms with Gasteiger partial charge in [-0.05, 0) is 57.6 Å². The SMILES string of the molecule is COC(=O)CC[C@H](C)NC(=O)CN1C(=O)C(C)(C)c2c(F)c(C3CC3)cc(F)c21. The highest BCUT2D eigenvalue weighted by Gasteiger charge is 2.49. The van der Waals surface area contributed by atoms with Crippen molar-refractivity contribution >= 4 is 23.5 Å². The summed E-state index contributed by atoms with van der Waals surface area (Å²) < 4.78 is 34.6. The van der Waals surface area contributed by atoms with Crippen molar-refractivity contribution in [3.05, 3.63) is 28.8 Å². The van der Waals surface area contributed by atoms with Crippen LogP contribution < -0.4 is 10.2 Å². The summed E-state index contributed by atoms with van der Waals surface area (Å²) in [6.45, 7) is 4.39. The fraction of sp³-hybridized carbons (Fsp3) is 0.571. The number of ether oxygens (including phenoxy) is 1. The van der Waals surface area contributed by atoms with Crippen LogP contribution in [0.2, 0.25) is 0 Å². The number of hydrogen-bond acceptors (Lipinski definition) is 4. The van der Waals surface area contributed by atoms with Crippen LogP contribution in [0.15, 0.2) is 6.07 Å². The van der Waals surface area contributed by atoms with E-state index in [1.54, 1.807) is 20.8 Å². The van der Waals surface area contributed by atoms with Crippen molar-refractivity contribution in [1.82, 2.24) is 5.32 Å². The summed E-state index contributed by atoms with van der Waals surface area (Å²) in [6, 6.07) is 0.815. The molecule has 0 saturated heterocycles. The zero-order valence-electron chi connectivity index (χ0n) is 17.1. The minimum absolute atomic E-state index is 0.00582. The Morgan fingerprint density at radius 3 is 2.59 bits per heavy atom. The molecule has 0 unspecified atom stereocenters. The molecule has 8 heteroatoms. The molecule has 6 nitrogen and oxygen atoms in total. The van der Waals surface area contributed by atoms with E-state index in [2.05, 4.69) is 10.1 Å². The summed E-state index contributed by atoms with van der Waals surface area (Å²) in [5, 5.41) is 2.68. The van der Waals surface area contributed by atoms with Gasteiger partial charge in [-0.2, -0.15) is 0 Å². The van der Waals surface area contributed by atoms with Crippen LogP contribution in [0, 0.1) is 11.6 Å². The van der Waals surface area contributed by atoms with E-state index in [1.807, 2.05) is 0 Å². The third-order valence-corrected chi connectivity index (χ3v) is 5.63. The molecule has 1 aromatic rings. The summed E-state index contributed by atoms with van der Waals surface area (Å²) in [4.78, 5) is 37.6. The highest BCUT2D eigenvalue weighted by Crippen LogP contribution is 2.50. The second-order valence-electron chi connectivity index (χ2n) is 8.36. The van der Waals surface area contributed by atoms with Gasteiger partial charge in [-0.15, -0.1) is 0 Å². The number of rotatable bonds is 7. The molecule has 0 bridgehead atoms. The smallest absolute Gasteiger partial charge is 0.305 e. The number of fused-ring (bicyclic) bond motifs is 1. The van der Waals surface area contributed by atoms with E-state index in [1.165, 1.54) is 7.11 Å². The van der Waals surface area contributed by atoms with Gasteiger partial charge >= 0.3 is 5.97 Å². The van der Waals surface area contributed by atoms with E-state index in [4.69, 9.17) is 0 Å². The summed E-state index contributed by atoms with van der Waals surface area (Å²) in [5.41, 5.74) is -1.08. The van der Waals surface area contributed by atoms with Gasteiger partial charge in [0.05, 0.1) is 18.2 Å². The Hall–Kier alpha value is -2.51. The lowest BCUT2D eigenvalue weighted by atomic mass is 9.84. The van der Waals surface area contributed by atoms with Gasteiger partial charge < -0.3 is 10.1 Å². The van der Waals surface area contributed by atoms with Gasteiger partial charge in [-0.3, -0.25) is 19.3 Å². The Labute approximate surface area is 168 Å². The molecule has 1 aliphatic heterocycles. The summed E-state index contributed by atoms with van der Waals surface area (Å²) in [5.74, 6) is -2.65. The number of benzene rings is 1. The average molecular weight is 408 g/mol. The first-order valence-electron chi connectivity index (χ1n) is 9.78. The van der Waals surface area contributed by atoms with Gasteiger partial charge in [0.1, 0.15) is 18.2 Å². The maximum Gasteiger partial charge on any atom is 0.305 e. The molecule has 158 valence electrons. The molecular weight excluding hydrogens is 382 g/mol. The largest absolute Gasteiger partial charge is 0.469 e. The molecule has 3 rings (SSSR count). The molecular formula is C21H26F2N2O4. The van der Waals surface area contributed by atoms with Crippen LogP contribution in [0.3, 0.4) is 0 Å². The molecule has 1 N–H and O–H groups in total. The van der Waals surface area contributed by atoms with Crippen molar-refractivity contribution in [2.75, 3.05) is 18.6 Å². The molecule has 2 aliphatic rings. The number of hydrogen-bond donors (Lipinski definition) is 1. The van der Waals surface area contributed by atoms with Crippen molar-refractivity contribution in [3.8, 4) is 0 Å². The molecule has 1 aliphatic carbocycles. The lowest BCUT2D eigenvalue weighted by molar-refractivity contribution is -0.141. The fourth-order valence-corrected chi connectivity index (χ4v) is 3.83. The normalized spacial score (nSPS) is 18.4. The lowest BCUT2D eigenvalue weighted by Gasteiger charge is -2.21. The van der Waals surface area contributed by atoms with Gasteiger partial charge in [-0.1, -0.05) is 0 Å². The molecule has 0 spiro atoms. The van der Waals surface area contributed by atoms with Crippen molar-refractivity contribution in [3.63, 3.8) is 0 Å². The van der Waals surface area contributed by atoms with Crippen LogP contribution in [0.1, 0.15) is 63.5 Å². The average Bonchev–Trinajstić information content (AvgIpc) is 3.46. The first kappa shape index (κ1) is 21.2. The topological polar surface area (TPSA) is 75.7 Å². The summed E-state index contributed by atoms with van der Waals surface area (Å²) in [6.07, 6.45) is 2.11. The Morgan fingerprint density at radius 1 is 1.34 bits per heavy atom. The predicted molar refractivity (Wildman–Crippen MR) is 103 cm³/mol. The molecule has 1 aromatic carbocycles. The monoisotopic (exact) mass is 408 g/mol. The van der Waals surface area contributed by atoms with Gasteiger partial charge in [0.15, 0.2) is 0 Å². The van der Waals surface area contributed by atoms with Crippen molar-refractivity contribution in [2.45, 2.75) is 63.8 Å². The molecule has 0 aromatic heterocycles. The van der Waals surface area contributed by atoms with E-state index in [0.717, 1.165) is 23.8 Å². The van der Waals surface area contributed by atoms with E-state index < -0.39 is 35.4 Å². The fourth-order valence-electron chi connectivity index (χ4n) is 3.83. The maximum absolute atomic E-state index is 15.2. The zero-order chi connectivity index (χ0) is 21.5. The van der Waals surface area contributed by atoms with Gasteiger partial charge in [0.2, 0.25) is 11.8 Å². The molecule has 2 amide bonds. The first-order chi connectivity index (χ1) is 13.6. The second kappa shape index (κ2) is 7.72. The first-order valence-corrected chi connectivity index (χ1v) is 9.78. The van der Waals surface area contributed by atoms with E-state index in [9.17, 15) is 18.8 Å². The minimum atomic E-state index is -1.26. The number of amides is 2. The van der Waals surface area contributed by atoms with Crippen LogP contribution >= 0.6 is 0 Å². The number of anilines is 1. The zero-order valence-corrected chi connectivity index (χ0v) is 17.1. The minimum Gasteiger partial charge on any atom is -0.469 e. The molecule has 1 heterocycles. The van der Waals surface area contributed by atoms with Crippen LogP contribution in [0.25, 0.3) is 0 Å². The molecule has 1 fully saturated rings. The van der Waals surface area contributed by atoms with E-state index >= 15 is 4.39 Å². The Kier molecular flexibility index (Phi) is 5.65. The molecule has 0 radical (unpaired) electrons. The van der Waals surface area contributed by atoms with Gasteiger partial charge in [-0.25, -0.2) is 8.78 Å². The van der Waals surface area contributed by atoms with Crippen LogP contribution in [0.4, 0.5) is 14.5 Å². The van der Waals surface area contributed by atoms with Crippen molar-refractivity contribution < 1.29 is 27.9 Å². The summed E-state index contributed by atoms with van der Waals surface area (Å²) >= 11 is 0. The third-order valence-electron chi connectivity index (χ3n) is 5.63. The van der Waals surface area contributed by atoms with Crippen LogP contribution in [-0.2, 0) is 24.5 Å². The molecule has 29 heavy (non-hydrogen) atoms. The lowest BCUT2D eigenvalue weighted by Crippen LogP contribution is -2.45. The van der Waals surface area contributed by atoms with Crippen molar-refractivity contribution in [2.24, 2.45) is 0 Å². The number of halogens is 2. The highest BCUT2D eigenvalue weighted by molar-refractivity contribution is 6.10. The number of esters is 1. The predicted octanol–water partition coefficient (Wildman–Crippen LogP) is 2.92. The van der Waals surface area contributed by atoms with Gasteiger partial charge in [0, 0.05) is 18.0 Å². The number of methoxy groups -OCH3 is 1.